The van der Waals surface area contributed by atoms with Crippen LogP contribution in [0.5, 0.6) is 11.5 Å². The predicted molar refractivity (Wildman–Crippen MR) is 72.6 cm³/mol. The monoisotopic (exact) mass is 279 g/mol. The van der Waals surface area contributed by atoms with Gasteiger partial charge in [-0.05, 0) is 12.1 Å². The Kier molecular flexibility index (Phi) is 4.16. The van der Waals surface area contributed by atoms with E-state index in [1.807, 2.05) is 0 Å². The number of methoxy groups -OCH3 is 2. The minimum Gasteiger partial charge on any atom is -0.494 e. The molecule has 0 saturated carbocycles. The number of hydrazine groups is 1. The quantitative estimate of drug-likeness (QED) is 0.566. The standard InChI is InChI=1S/C12H14FN5O2/c1-19-9-5-7(13)3-4-8(9)17-11-10(20-2)12(18-14)16-6-15-11/h3-6H,14H2,1-2H3,(H2,15,16,17,18). The maximum Gasteiger partial charge on any atom is 0.205 e. The van der Waals surface area contributed by atoms with E-state index in [4.69, 9.17) is 15.3 Å². The fourth-order valence-corrected chi connectivity index (χ4v) is 1.65. The van der Waals surface area contributed by atoms with E-state index in [1.165, 1.54) is 38.7 Å². The number of rotatable bonds is 5. The van der Waals surface area contributed by atoms with Crippen LogP contribution >= 0.6 is 0 Å². The highest BCUT2D eigenvalue weighted by Gasteiger charge is 2.13. The Hall–Kier alpha value is -2.61. The maximum atomic E-state index is 13.2. The van der Waals surface area contributed by atoms with Gasteiger partial charge in [-0.2, -0.15) is 0 Å². The van der Waals surface area contributed by atoms with Crippen LogP contribution in [0.25, 0.3) is 0 Å². The molecule has 106 valence electrons. The summed E-state index contributed by atoms with van der Waals surface area (Å²) in [6.45, 7) is 0. The molecule has 0 atom stereocenters. The predicted octanol–water partition coefficient (Wildman–Crippen LogP) is 1.66. The van der Waals surface area contributed by atoms with Crippen molar-refractivity contribution in [2.45, 2.75) is 0 Å². The number of benzene rings is 1. The number of halogens is 1. The number of nitrogens with one attached hydrogen (secondary N) is 2. The number of hydrogen-bond donors (Lipinski definition) is 3. The van der Waals surface area contributed by atoms with Gasteiger partial charge < -0.3 is 20.2 Å². The summed E-state index contributed by atoms with van der Waals surface area (Å²) in [6, 6.07) is 4.10. The molecule has 4 N–H and O–H groups in total. The van der Waals surface area contributed by atoms with Gasteiger partial charge in [-0.3, -0.25) is 0 Å². The van der Waals surface area contributed by atoms with Crippen LogP contribution in [0.4, 0.5) is 21.7 Å². The lowest BCUT2D eigenvalue weighted by atomic mass is 10.2. The van der Waals surface area contributed by atoms with E-state index in [-0.39, 0.29) is 0 Å². The fraction of sp³-hybridized carbons (Fsp3) is 0.167. The highest BCUT2D eigenvalue weighted by Crippen LogP contribution is 2.34. The molecule has 20 heavy (non-hydrogen) atoms. The zero-order chi connectivity index (χ0) is 14.5. The van der Waals surface area contributed by atoms with Crippen LogP contribution in [-0.2, 0) is 0 Å². The summed E-state index contributed by atoms with van der Waals surface area (Å²) >= 11 is 0. The molecule has 7 nitrogen and oxygen atoms in total. The zero-order valence-corrected chi connectivity index (χ0v) is 11.0. The maximum absolute atomic E-state index is 13.2. The third-order valence-electron chi connectivity index (χ3n) is 2.56. The van der Waals surface area contributed by atoms with Crippen LogP contribution in [0.15, 0.2) is 24.5 Å². The van der Waals surface area contributed by atoms with Crippen LogP contribution in [0.3, 0.4) is 0 Å². The molecule has 0 amide bonds. The molecule has 1 heterocycles. The number of nitrogen functional groups attached to an aromatic ring is 1. The molecule has 1 aromatic heterocycles. The minimum atomic E-state index is -0.397. The van der Waals surface area contributed by atoms with E-state index in [0.717, 1.165) is 0 Å². The molecule has 0 unspecified atom stereocenters. The van der Waals surface area contributed by atoms with Gasteiger partial charge in [-0.1, -0.05) is 0 Å². The average Bonchev–Trinajstić information content (AvgIpc) is 2.48. The number of aromatic nitrogens is 2. The molecule has 0 radical (unpaired) electrons. The van der Waals surface area contributed by atoms with Gasteiger partial charge >= 0.3 is 0 Å². The van der Waals surface area contributed by atoms with Crippen LogP contribution in [0, 0.1) is 5.82 Å². The molecule has 0 aliphatic rings. The minimum absolute atomic E-state index is 0.325. The van der Waals surface area contributed by atoms with E-state index in [1.54, 1.807) is 0 Å². The molecule has 0 bridgehead atoms. The lowest BCUT2D eigenvalue weighted by Crippen LogP contribution is -2.11. The molecule has 0 aliphatic heterocycles. The van der Waals surface area contributed by atoms with Crippen molar-refractivity contribution < 1.29 is 13.9 Å². The Bertz CT molecular complexity index is 608. The summed E-state index contributed by atoms with van der Waals surface area (Å²) in [5.41, 5.74) is 2.94. The van der Waals surface area contributed by atoms with Crippen molar-refractivity contribution in [1.82, 2.24) is 9.97 Å². The van der Waals surface area contributed by atoms with E-state index < -0.39 is 5.82 Å². The average molecular weight is 279 g/mol. The Morgan fingerprint density at radius 2 is 1.90 bits per heavy atom. The molecular weight excluding hydrogens is 265 g/mol. The van der Waals surface area contributed by atoms with E-state index in [0.29, 0.717) is 28.8 Å². The van der Waals surface area contributed by atoms with Crippen molar-refractivity contribution in [2.24, 2.45) is 5.84 Å². The van der Waals surface area contributed by atoms with Crippen LogP contribution in [-0.4, -0.2) is 24.2 Å². The molecule has 0 aliphatic carbocycles. The van der Waals surface area contributed by atoms with Crippen molar-refractivity contribution in [3.05, 3.63) is 30.3 Å². The van der Waals surface area contributed by atoms with Crippen LogP contribution < -0.4 is 26.1 Å². The van der Waals surface area contributed by atoms with Gasteiger partial charge in [0.1, 0.15) is 17.9 Å². The highest BCUT2D eigenvalue weighted by molar-refractivity contribution is 5.72. The highest BCUT2D eigenvalue weighted by atomic mass is 19.1. The first-order valence-electron chi connectivity index (χ1n) is 5.65. The van der Waals surface area contributed by atoms with E-state index >= 15 is 0 Å². The van der Waals surface area contributed by atoms with E-state index in [9.17, 15) is 4.39 Å². The molecular formula is C12H14FN5O2. The lowest BCUT2D eigenvalue weighted by molar-refractivity contribution is 0.411. The van der Waals surface area contributed by atoms with Gasteiger partial charge in [0, 0.05) is 6.07 Å². The Morgan fingerprint density at radius 3 is 2.55 bits per heavy atom. The van der Waals surface area contributed by atoms with Gasteiger partial charge in [-0.25, -0.2) is 20.2 Å². The van der Waals surface area contributed by atoms with Gasteiger partial charge in [0.25, 0.3) is 0 Å². The van der Waals surface area contributed by atoms with Crippen molar-refractivity contribution in [3.8, 4) is 11.5 Å². The summed E-state index contributed by atoms with van der Waals surface area (Å²) in [7, 11) is 2.91. The van der Waals surface area contributed by atoms with Crippen molar-refractivity contribution in [2.75, 3.05) is 25.0 Å². The van der Waals surface area contributed by atoms with Gasteiger partial charge in [-0.15, -0.1) is 0 Å². The topological polar surface area (TPSA) is 94.3 Å². The van der Waals surface area contributed by atoms with Crippen LogP contribution in [0.1, 0.15) is 0 Å². The third-order valence-corrected chi connectivity index (χ3v) is 2.56. The van der Waals surface area contributed by atoms with Crippen molar-refractivity contribution in [3.63, 3.8) is 0 Å². The summed E-state index contributed by atoms with van der Waals surface area (Å²) in [4.78, 5) is 7.98. The summed E-state index contributed by atoms with van der Waals surface area (Å²) in [6.07, 6.45) is 1.32. The van der Waals surface area contributed by atoms with Gasteiger partial charge in [0.15, 0.2) is 11.6 Å². The Labute approximate surface area is 114 Å². The number of nitrogens with zero attached hydrogens (tertiary/aromatic N) is 2. The van der Waals surface area contributed by atoms with Crippen molar-refractivity contribution in [1.29, 1.82) is 0 Å². The van der Waals surface area contributed by atoms with Crippen molar-refractivity contribution >= 4 is 17.3 Å². The first-order valence-corrected chi connectivity index (χ1v) is 5.65. The molecule has 1 aromatic carbocycles. The smallest absolute Gasteiger partial charge is 0.205 e. The molecule has 0 fully saturated rings. The Morgan fingerprint density at radius 1 is 1.15 bits per heavy atom. The molecule has 2 aromatic rings. The van der Waals surface area contributed by atoms with E-state index in [2.05, 4.69) is 20.7 Å². The first kappa shape index (κ1) is 13.8. The molecule has 2 rings (SSSR count). The largest absolute Gasteiger partial charge is 0.494 e. The third kappa shape index (κ3) is 2.69. The normalized spacial score (nSPS) is 10.0. The molecule has 0 saturated heterocycles. The molecule has 8 heteroatoms. The second kappa shape index (κ2) is 6.02. The first-order chi connectivity index (χ1) is 9.69. The summed E-state index contributed by atoms with van der Waals surface area (Å²) < 4.78 is 23.4. The second-order valence-corrected chi connectivity index (χ2v) is 3.72. The number of ether oxygens (including phenoxy) is 2. The summed E-state index contributed by atoms with van der Waals surface area (Å²) in [5.74, 6) is 6.32. The Balaban J connectivity index is 2.39. The van der Waals surface area contributed by atoms with Gasteiger partial charge in [0.2, 0.25) is 5.75 Å². The number of nitrogens with two attached hydrogens (primary N) is 1. The lowest BCUT2D eigenvalue weighted by Gasteiger charge is -2.14. The zero-order valence-electron chi connectivity index (χ0n) is 11.0. The fourth-order valence-electron chi connectivity index (χ4n) is 1.65. The summed E-state index contributed by atoms with van der Waals surface area (Å²) in [5, 5.41) is 2.98. The number of hydrogen-bond acceptors (Lipinski definition) is 7. The van der Waals surface area contributed by atoms with Gasteiger partial charge in [0.05, 0.1) is 19.9 Å². The number of anilines is 3. The van der Waals surface area contributed by atoms with Crippen LogP contribution in [0.2, 0.25) is 0 Å². The molecule has 0 spiro atoms. The SMILES string of the molecule is COc1cc(F)ccc1Nc1ncnc(NN)c1OC. The second-order valence-electron chi connectivity index (χ2n) is 3.72.